The maximum atomic E-state index is 4.31. The molecule has 2 aromatic carbocycles. The maximum absolute atomic E-state index is 4.31. The van der Waals surface area contributed by atoms with Crippen molar-refractivity contribution < 1.29 is 0 Å². The quantitative estimate of drug-likeness (QED) is 0.370. The second-order valence-electron chi connectivity index (χ2n) is 6.67. The summed E-state index contributed by atoms with van der Waals surface area (Å²) in [4.78, 5) is 6.49. The topological polar surface area (TPSA) is 39.7 Å². The number of hydrogen-bond donors (Lipinski definition) is 2. The van der Waals surface area contributed by atoms with Crippen LogP contribution in [-0.4, -0.2) is 38.5 Å². The fourth-order valence-corrected chi connectivity index (χ4v) is 2.68. The minimum absolute atomic E-state index is 0. The Hall–Kier alpha value is -1.60. The standard InChI is InChI=1S/C21H30N4.HI/c1-17(20-8-6-5-7-9-20)14-23-21(22-2)24-15-18-10-12-19(13-11-18)16-25(3)4;/h5-13,17H,14-16H2,1-4H3,(H2,22,23,24);1H. The van der Waals surface area contributed by atoms with Gasteiger partial charge < -0.3 is 15.5 Å². The van der Waals surface area contributed by atoms with E-state index in [1.807, 2.05) is 13.1 Å². The summed E-state index contributed by atoms with van der Waals surface area (Å²) in [5, 5.41) is 6.79. The van der Waals surface area contributed by atoms with Crippen molar-refractivity contribution >= 4 is 29.9 Å². The predicted molar refractivity (Wildman–Crippen MR) is 122 cm³/mol. The van der Waals surface area contributed by atoms with Crippen molar-refractivity contribution in [1.82, 2.24) is 15.5 Å². The highest BCUT2D eigenvalue weighted by atomic mass is 127. The summed E-state index contributed by atoms with van der Waals surface area (Å²) in [6, 6.07) is 19.3. The van der Waals surface area contributed by atoms with Crippen LogP contribution in [0.1, 0.15) is 29.5 Å². The van der Waals surface area contributed by atoms with Crippen LogP contribution in [0.4, 0.5) is 0 Å². The fraction of sp³-hybridized carbons (Fsp3) is 0.381. The zero-order chi connectivity index (χ0) is 18.1. The molecule has 142 valence electrons. The normalized spacial score (nSPS) is 12.4. The van der Waals surface area contributed by atoms with E-state index in [4.69, 9.17) is 0 Å². The molecule has 2 N–H and O–H groups in total. The molecule has 0 spiro atoms. The minimum Gasteiger partial charge on any atom is -0.356 e. The van der Waals surface area contributed by atoms with Gasteiger partial charge >= 0.3 is 0 Å². The SMILES string of the molecule is CN=C(NCc1ccc(CN(C)C)cc1)NCC(C)c1ccccc1.I. The lowest BCUT2D eigenvalue weighted by molar-refractivity contribution is 0.402. The first-order valence-electron chi connectivity index (χ1n) is 8.80. The van der Waals surface area contributed by atoms with Gasteiger partial charge in [0.1, 0.15) is 0 Å². The molecule has 0 aliphatic heterocycles. The molecule has 1 unspecified atom stereocenters. The van der Waals surface area contributed by atoms with Gasteiger partial charge in [0, 0.05) is 26.7 Å². The molecule has 2 aromatic rings. The number of halogens is 1. The Kier molecular flexibility index (Phi) is 10.3. The van der Waals surface area contributed by atoms with E-state index in [1.54, 1.807) is 0 Å². The Bertz CT molecular complexity index is 653. The average Bonchev–Trinajstić information content (AvgIpc) is 2.63. The van der Waals surface area contributed by atoms with Gasteiger partial charge in [-0.25, -0.2) is 0 Å². The second kappa shape index (κ2) is 11.9. The van der Waals surface area contributed by atoms with Crippen LogP contribution < -0.4 is 10.6 Å². The molecular formula is C21H31IN4. The van der Waals surface area contributed by atoms with Gasteiger partial charge in [-0.15, -0.1) is 24.0 Å². The van der Waals surface area contributed by atoms with Crippen LogP contribution in [0.3, 0.4) is 0 Å². The van der Waals surface area contributed by atoms with E-state index in [9.17, 15) is 0 Å². The Labute approximate surface area is 175 Å². The summed E-state index contributed by atoms with van der Waals surface area (Å²) < 4.78 is 0. The van der Waals surface area contributed by atoms with E-state index in [0.717, 1.165) is 25.6 Å². The molecule has 0 aliphatic carbocycles. The summed E-state index contributed by atoms with van der Waals surface area (Å²) in [6.45, 7) is 4.81. The maximum Gasteiger partial charge on any atom is 0.191 e. The molecule has 2 rings (SSSR count). The van der Waals surface area contributed by atoms with E-state index >= 15 is 0 Å². The third kappa shape index (κ3) is 7.74. The monoisotopic (exact) mass is 466 g/mol. The molecular weight excluding hydrogens is 435 g/mol. The van der Waals surface area contributed by atoms with Gasteiger partial charge in [0.2, 0.25) is 0 Å². The van der Waals surface area contributed by atoms with Gasteiger partial charge in [-0.1, -0.05) is 61.5 Å². The van der Waals surface area contributed by atoms with Crippen molar-refractivity contribution in [2.45, 2.75) is 25.9 Å². The van der Waals surface area contributed by atoms with Gasteiger partial charge in [0.25, 0.3) is 0 Å². The molecule has 0 saturated carbocycles. The first-order valence-corrected chi connectivity index (χ1v) is 8.80. The number of nitrogens with zero attached hydrogens (tertiary/aromatic N) is 2. The van der Waals surface area contributed by atoms with Crippen molar-refractivity contribution in [3.63, 3.8) is 0 Å². The van der Waals surface area contributed by atoms with Crippen LogP contribution >= 0.6 is 24.0 Å². The van der Waals surface area contributed by atoms with E-state index in [-0.39, 0.29) is 24.0 Å². The smallest absolute Gasteiger partial charge is 0.191 e. The van der Waals surface area contributed by atoms with Gasteiger partial charge in [0.05, 0.1) is 0 Å². The second-order valence-corrected chi connectivity index (χ2v) is 6.67. The first-order chi connectivity index (χ1) is 12.1. The number of nitrogens with one attached hydrogen (secondary N) is 2. The lowest BCUT2D eigenvalue weighted by Crippen LogP contribution is -2.38. The first kappa shape index (κ1) is 22.4. The van der Waals surface area contributed by atoms with E-state index in [1.165, 1.54) is 16.7 Å². The van der Waals surface area contributed by atoms with Crippen molar-refractivity contribution in [2.24, 2.45) is 4.99 Å². The van der Waals surface area contributed by atoms with Crippen molar-refractivity contribution in [3.05, 3.63) is 71.3 Å². The van der Waals surface area contributed by atoms with E-state index < -0.39 is 0 Å². The van der Waals surface area contributed by atoms with Crippen LogP contribution in [-0.2, 0) is 13.1 Å². The molecule has 0 heterocycles. The molecule has 1 atom stereocenters. The van der Waals surface area contributed by atoms with E-state index in [2.05, 4.69) is 90.1 Å². The Morgan fingerprint density at radius 3 is 2.15 bits per heavy atom. The van der Waals surface area contributed by atoms with E-state index in [0.29, 0.717) is 5.92 Å². The highest BCUT2D eigenvalue weighted by Gasteiger charge is 2.06. The molecule has 0 aromatic heterocycles. The van der Waals surface area contributed by atoms with Crippen molar-refractivity contribution in [3.8, 4) is 0 Å². The zero-order valence-corrected chi connectivity index (χ0v) is 18.5. The van der Waals surface area contributed by atoms with Crippen molar-refractivity contribution in [2.75, 3.05) is 27.7 Å². The van der Waals surface area contributed by atoms with Crippen LogP contribution in [0.15, 0.2) is 59.6 Å². The molecule has 5 heteroatoms. The summed E-state index contributed by atoms with van der Waals surface area (Å²) in [6.07, 6.45) is 0. The number of hydrogen-bond acceptors (Lipinski definition) is 2. The molecule has 0 saturated heterocycles. The molecule has 0 amide bonds. The average molecular weight is 466 g/mol. The number of aliphatic imine (C=N–C) groups is 1. The minimum atomic E-state index is 0. The zero-order valence-electron chi connectivity index (χ0n) is 16.2. The highest BCUT2D eigenvalue weighted by molar-refractivity contribution is 14.0. The highest BCUT2D eigenvalue weighted by Crippen LogP contribution is 2.12. The molecule has 4 nitrogen and oxygen atoms in total. The fourth-order valence-electron chi connectivity index (χ4n) is 2.68. The number of guanidine groups is 1. The van der Waals surface area contributed by atoms with Gasteiger partial charge in [-0.2, -0.15) is 0 Å². The van der Waals surface area contributed by atoms with Crippen molar-refractivity contribution in [1.29, 1.82) is 0 Å². The Morgan fingerprint density at radius 2 is 1.58 bits per heavy atom. The van der Waals surface area contributed by atoms with Crippen LogP contribution in [0.2, 0.25) is 0 Å². The van der Waals surface area contributed by atoms with Gasteiger partial charge in [-0.3, -0.25) is 4.99 Å². The summed E-state index contributed by atoms with van der Waals surface area (Å²) in [7, 11) is 5.98. The van der Waals surface area contributed by atoms with Gasteiger partial charge in [0.15, 0.2) is 5.96 Å². The lowest BCUT2D eigenvalue weighted by Gasteiger charge is -2.16. The summed E-state index contributed by atoms with van der Waals surface area (Å²) in [5.41, 5.74) is 3.91. The Morgan fingerprint density at radius 1 is 0.962 bits per heavy atom. The molecule has 0 radical (unpaired) electrons. The van der Waals surface area contributed by atoms with Gasteiger partial charge in [-0.05, 0) is 36.7 Å². The third-order valence-electron chi connectivity index (χ3n) is 4.15. The number of rotatable bonds is 7. The lowest BCUT2D eigenvalue weighted by atomic mass is 10.0. The largest absolute Gasteiger partial charge is 0.356 e. The van der Waals surface area contributed by atoms with Crippen LogP contribution in [0.25, 0.3) is 0 Å². The third-order valence-corrected chi connectivity index (χ3v) is 4.15. The molecule has 0 fully saturated rings. The summed E-state index contributed by atoms with van der Waals surface area (Å²) in [5.74, 6) is 1.27. The number of benzene rings is 2. The molecule has 26 heavy (non-hydrogen) atoms. The van der Waals surface area contributed by atoms with Crippen LogP contribution in [0, 0.1) is 0 Å². The molecule has 0 bridgehead atoms. The summed E-state index contributed by atoms with van der Waals surface area (Å²) >= 11 is 0. The van der Waals surface area contributed by atoms with Crippen LogP contribution in [0.5, 0.6) is 0 Å². The predicted octanol–water partition coefficient (Wildman–Crippen LogP) is 3.83. The Balaban J connectivity index is 0.00000338. The molecule has 0 aliphatic rings.